The number of hydrogen-bond donors (Lipinski definition) is 1. The molecule has 0 radical (unpaired) electrons. The van der Waals surface area contributed by atoms with Gasteiger partial charge in [-0.15, -0.1) is 0 Å². The quantitative estimate of drug-likeness (QED) is 0.647. The minimum atomic E-state index is -0.228. The summed E-state index contributed by atoms with van der Waals surface area (Å²) < 4.78 is 3.49. The maximum Gasteiger partial charge on any atom is 0.248 e. The SMILES string of the molecule is Cc1nn(Cc2ccc(Cl)cc2Cl)c(C)c1NC(=O)/C=C\c1cnn(C)c1. The normalized spacial score (nSPS) is 11.3. The number of amides is 1. The van der Waals surface area contributed by atoms with Gasteiger partial charge in [0.05, 0.1) is 29.8 Å². The van der Waals surface area contributed by atoms with Crippen LogP contribution in [-0.2, 0) is 18.4 Å². The fourth-order valence-corrected chi connectivity index (χ4v) is 3.17. The van der Waals surface area contributed by atoms with Gasteiger partial charge in [0.1, 0.15) is 0 Å². The van der Waals surface area contributed by atoms with Crippen LogP contribution in [0, 0.1) is 13.8 Å². The summed E-state index contributed by atoms with van der Waals surface area (Å²) in [5, 5.41) is 12.6. The standard InChI is InChI=1S/C19H19Cl2N5O/c1-12-19(23-18(27)7-4-14-9-22-25(3)10-14)13(2)26(24-12)11-15-5-6-16(20)8-17(15)21/h4-10H,11H2,1-3H3,(H,23,27)/b7-4-. The highest BCUT2D eigenvalue weighted by Gasteiger charge is 2.14. The lowest BCUT2D eigenvalue weighted by molar-refractivity contribution is -0.111. The highest BCUT2D eigenvalue weighted by Crippen LogP contribution is 2.25. The number of halogens is 2. The summed E-state index contributed by atoms with van der Waals surface area (Å²) in [6.45, 7) is 4.25. The average Bonchev–Trinajstić information content (AvgIpc) is 3.14. The predicted octanol–water partition coefficient (Wildman–Crippen LogP) is 4.24. The highest BCUT2D eigenvalue weighted by atomic mass is 35.5. The first kappa shape index (κ1) is 19.2. The zero-order chi connectivity index (χ0) is 19.6. The van der Waals surface area contributed by atoms with Gasteiger partial charge in [0.25, 0.3) is 0 Å². The lowest BCUT2D eigenvalue weighted by Gasteiger charge is -2.08. The summed E-state index contributed by atoms with van der Waals surface area (Å²) in [7, 11) is 1.82. The maximum atomic E-state index is 12.3. The number of aryl methyl sites for hydroxylation is 2. The molecular weight excluding hydrogens is 385 g/mol. The van der Waals surface area contributed by atoms with Crippen LogP contribution in [0.1, 0.15) is 22.5 Å². The number of anilines is 1. The molecule has 0 aliphatic carbocycles. The maximum absolute atomic E-state index is 12.3. The van der Waals surface area contributed by atoms with Crippen LogP contribution >= 0.6 is 23.2 Å². The van der Waals surface area contributed by atoms with Gasteiger partial charge in [-0.2, -0.15) is 10.2 Å². The van der Waals surface area contributed by atoms with Crippen molar-refractivity contribution in [1.29, 1.82) is 0 Å². The molecule has 0 bridgehead atoms. The molecule has 0 saturated carbocycles. The van der Waals surface area contributed by atoms with Gasteiger partial charge >= 0.3 is 0 Å². The fraction of sp³-hybridized carbons (Fsp3) is 0.211. The van der Waals surface area contributed by atoms with Crippen molar-refractivity contribution in [2.24, 2.45) is 7.05 Å². The van der Waals surface area contributed by atoms with Gasteiger partial charge in [0.15, 0.2) is 0 Å². The third kappa shape index (κ3) is 4.59. The Kier molecular flexibility index (Phi) is 5.68. The van der Waals surface area contributed by atoms with Crippen molar-refractivity contribution < 1.29 is 4.79 Å². The Labute approximate surface area is 167 Å². The van der Waals surface area contributed by atoms with E-state index in [1.165, 1.54) is 6.08 Å². The van der Waals surface area contributed by atoms with E-state index in [1.54, 1.807) is 29.1 Å². The second-order valence-electron chi connectivity index (χ2n) is 6.21. The molecule has 0 aliphatic rings. The summed E-state index contributed by atoms with van der Waals surface area (Å²) in [6, 6.07) is 5.37. The Morgan fingerprint density at radius 3 is 2.74 bits per heavy atom. The monoisotopic (exact) mass is 403 g/mol. The molecule has 3 rings (SSSR count). The van der Waals surface area contributed by atoms with Crippen LogP contribution < -0.4 is 5.32 Å². The second-order valence-corrected chi connectivity index (χ2v) is 7.05. The molecule has 3 aromatic rings. The molecule has 140 valence electrons. The van der Waals surface area contributed by atoms with Crippen LogP contribution in [0.2, 0.25) is 10.0 Å². The topological polar surface area (TPSA) is 64.7 Å². The van der Waals surface area contributed by atoms with Gasteiger partial charge < -0.3 is 5.32 Å². The van der Waals surface area contributed by atoms with Crippen molar-refractivity contribution >= 4 is 40.9 Å². The van der Waals surface area contributed by atoms with E-state index >= 15 is 0 Å². The van der Waals surface area contributed by atoms with E-state index < -0.39 is 0 Å². The number of aromatic nitrogens is 4. The van der Waals surface area contributed by atoms with Gasteiger partial charge in [-0.3, -0.25) is 14.2 Å². The highest BCUT2D eigenvalue weighted by molar-refractivity contribution is 6.35. The zero-order valence-electron chi connectivity index (χ0n) is 15.2. The first-order valence-corrected chi connectivity index (χ1v) is 9.04. The number of nitrogens with one attached hydrogen (secondary N) is 1. The van der Waals surface area contributed by atoms with Gasteiger partial charge in [-0.1, -0.05) is 29.3 Å². The molecular formula is C19H19Cl2N5O. The lowest BCUT2D eigenvalue weighted by atomic mass is 10.2. The van der Waals surface area contributed by atoms with Crippen LogP contribution in [0.15, 0.2) is 36.7 Å². The molecule has 1 aromatic carbocycles. The molecule has 27 heavy (non-hydrogen) atoms. The minimum Gasteiger partial charge on any atom is -0.319 e. The van der Waals surface area contributed by atoms with E-state index in [0.717, 1.165) is 22.5 Å². The molecule has 6 nitrogen and oxygen atoms in total. The van der Waals surface area contributed by atoms with E-state index in [0.29, 0.717) is 22.3 Å². The Hall–Kier alpha value is -2.57. The molecule has 1 amide bonds. The Balaban J connectivity index is 1.75. The summed E-state index contributed by atoms with van der Waals surface area (Å²) in [6.07, 6.45) is 6.70. The number of rotatable bonds is 5. The summed E-state index contributed by atoms with van der Waals surface area (Å²) in [5.74, 6) is -0.228. The van der Waals surface area contributed by atoms with Crippen molar-refractivity contribution in [3.63, 3.8) is 0 Å². The molecule has 0 atom stereocenters. The summed E-state index contributed by atoms with van der Waals surface area (Å²) in [5.41, 5.74) is 4.04. The van der Waals surface area contributed by atoms with Crippen molar-refractivity contribution in [1.82, 2.24) is 19.6 Å². The van der Waals surface area contributed by atoms with Crippen molar-refractivity contribution in [2.75, 3.05) is 5.32 Å². The Morgan fingerprint density at radius 1 is 1.30 bits per heavy atom. The third-order valence-corrected chi connectivity index (χ3v) is 4.70. The zero-order valence-corrected chi connectivity index (χ0v) is 16.7. The first-order valence-electron chi connectivity index (χ1n) is 8.29. The Bertz CT molecular complexity index is 1020. The van der Waals surface area contributed by atoms with Crippen molar-refractivity contribution in [2.45, 2.75) is 20.4 Å². The number of hydrogen-bond acceptors (Lipinski definition) is 3. The van der Waals surface area contributed by atoms with Gasteiger partial charge in [0, 0.05) is 34.9 Å². The summed E-state index contributed by atoms with van der Waals surface area (Å²) >= 11 is 12.2. The number of benzene rings is 1. The minimum absolute atomic E-state index is 0.228. The molecule has 0 saturated heterocycles. The van der Waals surface area contributed by atoms with Crippen LogP contribution in [0.5, 0.6) is 0 Å². The smallest absolute Gasteiger partial charge is 0.248 e. The van der Waals surface area contributed by atoms with Crippen LogP contribution in [0.25, 0.3) is 6.08 Å². The molecule has 2 heterocycles. The summed E-state index contributed by atoms with van der Waals surface area (Å²) in [4.78, 5) is 12.3. The third-order valence-electron chi connectivity index (χ3n) is 4.12. The average molecular weight is 404 g/mol. The van der Waals surface area contributed by atoms with E-state index in [1.807, 2.05) is 37.8 Å². The fourth-order valence-electron chi connectivity index (χ4n) is 2.71. The van der Waals surface area contributed by atoms with E-state index in [2.05, 4.69) is 15.5 Å². The second kappa shape index (κ2) is 7.98. The van der Waals surface area contributed by atoms with Crippen LogP contribution in [0.4, 0.5) is 5.69 Å². The molecule has 0 spiro atoms. The molecule has 0 unspecified atom stereocenters. The van der Waals surface area contributed by atoms with E-state index in [9.17, 15) is 4.79 Å². The largest absolute Gasteiger partial charge is 0.319 e. The predicted molar refractivity (Wildman–Crippen MR) is 108 cm³/mol. The molecule has 2 aromatic heterocycles. The molecule has 0 aliphatic heterocycles. The van der Waals surface area contributed by atoms with Gasteiger partial charge in [0.2, 0.25) is 5.91 Å². The Morgan fingerprint density at radius 2 is 2.07 bits per heavy atom. The molecule has 0 fully saturated rings. The van der Waals surface area contributed by atoms with Gasteiger partial charge in [-0.05, 0) is 37.6 Å². The first-order chi connectivity index (χ1) is 12.8. The number of carbonyl (C=O) groups excluding carboxylic acids is 1. The van der Waals surface area contributed by atoms with E-state index in [-0.39, 0.29) is 5.91 Å². The molecule has 8 heteroatoms. The van der Waals surface area contributed by atoms with E-state index in [4.69, 9.17) is 23.2 Å². The van der Waals surface area contributed by atoms with Crippen molar-refractivity contribution in [3.8, 4) is 0 Å². The number of nitrogens with zero attached hydrogens (tertiary/aromatic N) is 4. The van der Waals surface area contributed by atoms with Crippen LogP contribution in [0.3, 0.4) is 0 Å². The number of carbonyl (C=O) groups is 1. The molecule has 1 N–H and O–H groups in total. The van der Waals surface area contributed by atoms with Gasteiger partial charge in [-0.25, -0.2) is 0 Å². The van der Waals surface area contributed by atoms with Crippen LogP contribution in [-0.4, -0.2) is 25.5 Å². The lowest BCUT2D eigenvalue weighted by Crippen LogP contribution is -2.10. The van der Waals surface area contributed by atoms with Crippen molar-refractivity contribution in [3.05, 3.63) is 69.2 Å².